The van der Waals surface area contributed by atoms with Gasteiger partial charge in [-0.1, -0.05) is 17.8 Å². The Hall–Kier alpha value is -2.37. The van der Waals surface area contributed by atoms with Gasteiger partial charge in [0.25, 0.3) is 0 Å². The van der Waals surface area contributed by atoms with Gasteiger partial charge in [0.2, 0.25) is 5.91 Å². The number of nitrogens with zero attached hydrogens (tertiary/aromatic N) is 4. The molecule has 126 valence electrons. The Labute approximate surface area is 145 Å². The maximum Gasteiger partial charge on any atom is 0.237 e. The third-order valence-electron chi connectivity index (χ3n) is 3.24. The van der Waals surface area contributed by atoms with Gasteiger partial charge in [-0.05, 0) is 31.5 Å². The van der Waals surface area contributed by atoms with Crippen LogP contribution in [-0.4, -0.2) is 39.6 Å². The number of nitriles is 1. The molecule has 2 rings (SSSR count). The van der Waals surface area contributed by atoms with E-state index in [-0.39, 0.29) is 11.2 Å². The number of carbonyl (C=O) groups is 1. The average molecular weight is 345 g/mol. The summed E-state index contributed by atoms with van der Waals surface area (Å²) in [7, 11) is 1.66. The fraction of sp³-hybridized carbons (Fsp3) is 0.375. The van der Waals surface area contributed by atoms with Crippen LogP contribution in [0.2, 0.25) is 0 Å². The largest absolute Gasteiger partial charge is 0.385 e. The molecule has 1 N–H and O–H groups in total. The molecule has 1 atom stereocenters. The minimum absolute atomic E-state index is 0.151. The van der Waals surface area contributed by atoms with Crippen LogP contribution in [0.1, 0.15) is 18.9 Å². The molecule has 7 nitrogen and oxygen atoms in total. The number of aromatic nitrogens is 3. The highest BCUT2D eigenvalue weighted by Gasteiger charge is 2.18. The van der Waals surface area contributed by atoms with E-state index < -0.39 is 0 Å². The van der Waals surface area contributed by atoms with Gasteiger partial charge < -0.3 is 14.6 Å². The monoisotopic (exact) mass is 345 g/mol. The predicted octanol–water partition coefficient (Wildman–Crippen LogP) is 2.31. The summed E-state index contributed by atoms with van der Waals surface area (Å²) in [5.41, 5.74) is 1.11. The summed E-state index contributed by atoms with van der Waals surface area (Å²) in [6, 6.07) is 8.87. The predicted molar refractivity (Wildman–Crippen MR) is 91.6 cm³/mol. The van der Waals surface area contributed by atoms with Crippen LogP contribution in [0.5, 0.6) is 0 Å². The Morgan fingerprint density at radius 2 is 2.38 bits per heavy atom. The van der Waals surface area contributed by atoms with E-state index in [1.807, 2.05) is 17.6 Å². The van der Waals surface area contributed by atoms with Crippen LogP contribution in [0.3, 0.4) is 0 Å². The SMILES string of the molecule is COCCCn1cnnc1SC(C)C(=O)Nc1cccc(C#N)c1. The molecule has 1 heterocycles. The van der Waals surface area contributed by atoms with Gasteiger partial charge in [-0.3, -0.25) is 4.79 Å². The zero-order valence-corrected chi connectivity index (χ0v) is 14.4. The number of thioether (sulfide) groups is 1. The number of nitrogens with one attached hydrogen (secondary N) is 1. The van der Waals surface area contributed by atoms with Crippen molar-refractivity contribution in [1.29, 1.82) is 5.26 Å². The van der Waals surface area contributed by atoms with Gasteiger partial charge in [-0.25, -0.2) is 0 Å². The molecule has 1 amide bonds. The zero-order valence-electron chi connectivity index (χ0n) is 13.6. The highest BCUT2D eigenvalue weighted by molar-refractivity contribution is 8.00. The van der Waals surface area contributed by atoms with E-state index in [0.717, 1.165) is 13.0 Å². The lowest BCUT2D eigenvalue weighted by Gasteiger charge is -2.12. The number of benzene rings is 1. The first kappa shape index (κ1) is 18.0. The maximum atomic E-state index is 12.3. The van der Waals surface area contributed by atoms with Crippen molar-refractivity contribution in [2.75, 3.05) is 19.0 Å². The fourth-order valence-corrected chi connectivity index (χ4v) is 2.84. The molecule has 1 aromatic carbocycles. The first-order chi connectivity index (χ1) is 11.6. The van der Waals surface area contributed by atoms with Crippen molar-refractivity contribution >= 4 is 23.4 Å². The molecule has 0 saturated heterocycles. The van der Waals surface area contributed by atoms with E-state index >= 15 is 0 Å². The highest BCUT2D eigenvalue weighted by atomic mass is 32.2. The minimum Gasteiger partial charge on any atom is -0.385 e. The Morgan fingerprint density at radius 1 is 1.54 bits per heavy atom. The van der Waals surface area contributed by atoms with E-state index in [1.165, 1.54) is 11.8 Å². The molecule has 0 aliphatic rings. The van der Waals surface area contributed by atoms with E-state index in [9.17, 15) is 4.79 Å². The number of methoxy groups -OCH3 is 1. The Balaban J connectivity index is 1.94. The van der Waals surface area contributed by atoms with Crippen LogP contribution in [0.4, 0.5) is 5.69 Å². The van der Waals surface area contributed by atoms with Crippen molar-refractivity contribution in [2.45, 2.75) is 30.3 Å². The van der Waals surface area contributed by atoms with Crippen molar-refractivity contribution < 1.29 is 9.53 Å². The normalized spacial score (nSPS) is 11.7. The van der Waals surface area contributed by atoms with Crippen LogP contribution < -0.4 is 5.32 Å². The van der Waals surface area contributed by atoms with Crippen molar-refractivity contribution in [3.05, 3.63) is 36.2 Å². The molecular weight excluding hydrogens is 326 g/mol. The molecule has 0 fully saturated rings. The topological polar surface area (TPSA) is 92.8 Å². The second kappa shape index (κ2) is 9.05. The average Bonchev–Trinajstić information content (AvgIpc) is 3.02. The first-order valence-electron chi connectivity index (χ1n) is 7.48. The molecule has 0 spiro atoms. The van der Waals surface area contributed by atoms with Gasteiger partial charge in [0, 0.05) is 25.9 Å². The second-order valence-corrected chi connectivity index (χ2v) is 6.40. The van der Waals surface area contributed by atoms with Crippen molar-refractivity contribution in [2.24, 2.45) is 0 Å². The van der Waals surface area contributed by atoms with Gasteiger partial charge >= 0.3 is 0 Å². The molecule has 1 aromatic heterocycles. The smallest absolute Gasteiger partial charge is 0.237 e. The summed E-state index contributed by atoms with van der Waals surface area (Å²) in [5.74, 6) is -0.151. The molecular formula is C16H19N5O2S. The summed E-state index contributed by atoms with van der Waals surface area (Å²) >= 11 is 1.34. The van der Waals surface area contributed by atoms with Crippen LogP contribution in [0, 0.1) is 11.3 Å². The number of anilines is 1. The molecule has 2 aromatic rings. The molecule has 0 aliphatic heterocycles. The van der Waals surface area contributed by atoms with E-state index in [1.54, 1.807) is 37.7 Å². The molecule has 1 unspecified atom stereocenters. The first-order valence-corrected chi connectivity index (χ1v) is 8.36. The van der Waals surface area contributed by atoms with Crippen molar-refractivity contribution in [3.63, 3.8) is 0 Å². The standard InChI is InChI=1S/C16H19N5O2S/c1-12(15(22)19-14-6-3-5-13(9-14)10-17)24-16-20-18-11-21(16)7-4-8-23-2/h3,5-6,9,11-12H,4,7-8H2,1-2H3,(H,19,22). The molecule has 24 heavy (non-hydrogen) atoms. The Bertz CT molecular complexity index is 725. The minimum atomic E-state index is -0.346. The summed E-state index contributed by atoms with van der Waals surface area (Å²) in [5, 5.41) is 20.0. The van der Waals surface area contributed by atoms with Crippen LogP contribution in [0.25, 0.3) is 0 Å². The van der Waals surface area contributed by atoms with Crippen LogP contribution in [0.15, 0.2) is 35.7 Å². The third-order valence-corrected chi connectivity index (χ3v) is 4.33. The lowest BCUT2D eigenvalue weighted by atomic mass is 10.2. The van der Waals surface area contributed by atoms with Gasteiger partial charge in [0.1, 0.15) is 6.33 Å². The summed E-state index contributed by atoms with van der Waals surface area (Å²) < 4.78 is 6.94. The van der Waals surface area contributed by atoms with Gasteiger partial charge in [0.15, 0.2) is 5.16 Å². The Morgan fingerprint density at radius 3 is 3.12 bits per heavy atom. The number of hydrogen-bond donors (Lipinski definition) is 1. The van der Waals surface area contributed by atoms with Gasteiger partial charge in [0.05, 0.1) is 16.9 Å². The quantitative estimate of drug-likeness (QED) is 0.583. The highest BCUT2D eigenvalue weighted by Crippen LogP contribution is 2.22. The summed E-state index contributed by atoms with van der Waals surface area (Å²) in [6.07, 6.45) is 2.50. The van der Waals surface area contributed by atoms with Crippen LogP contribution in [-0.2, 0) is 16.1 Å². The fourth-order valence-electron chi connectivity index (χ4n) is 1.99. The second-order valence-electron chi connectivity index (χ2n) is 5.10. The number of ether oxygens (including phenoxy) is 1. The molecule has 0 aliphatic carbocycles. The zero-order chi connectivity index (χ0) is 17.4. The Kier molecular flexibility index (Phi) is 6.78. The van der Waals surface area contributed by atoms with Crippen LogP contribution >= 0.6 is 11.8 Å². The van der Waals surface area contributed by atoms with E-state index in [2.05, 4.69) is 15.5 Å². The lowest BCUT2D eigenvalue weighted by Crippen LogP contribution is -2.23. The van der Waals surface area contributed by atoms with Gasteiger partial charge in [-0.2, -0.15) is 5.26 Å². The summed E-state index contributed by atoms with van der Waals surface area (Å²) in [4.78, 5) is 12.3. The molecule has 0 radical (unpaired) electrons. The molecule has 0 bridgehead atoms. The van der Waals surface area contributed by atoms with Gasteiger partial charge in [-0.15, -0.1) is 10.2 Å². The number of amides is 1. The number of aryl methyl sites for hydroxylation is 1. The maximum absolute atomic E-state index is 12.3. The molecule has 0 saturated carbocycles. The summed E-state index contributed by atoms with van der Waals surface area (Å²) in [6.45, 7) is 3.21. The number of hydrogen-bond acceptors (Lipinski definition) is 6. The third kappa shape index (κ3) is 5.08. The van der Waals surface area contributed by atoms with E-state index in [0.29, 0.717) is 23.0 Å². The lowest BCUT2D eigenvalue weighted by molar-refractivity contribution is -0.115. The number of rotatable bonds is 8. The number of carbonyl (C=O) groups excluding carboxylic acids is 1. The molecule has 8 heteroatoms. The van der Waals surface area contributed by atoms with E-state index in [4.69, 9.17) is 10.00 Å². The van der Waals surface area contributed by atoms with Crippen molar-refractivity contribution in [1.82, 2.24) is 14.8 Å². The van der Waals surface area contributed by atoms with Crippen molar-refractivity contribution in [3.8, 4) is 6.07 Å².